The van der Waals surface area contributed by atoms with Crippen LogP contribution in [0.1, 0.15) is 28.7 Å². The second-order valence-corrected chi connectivity index (χ2v) is 11.7. The van der Waals surface area contributed by atoms with E-state index in [1.165, 1.54) is 27.8 Å². The molecular formula is C26H27NO3S3. The number of thioether (sulfide) groups is 2. The molecule has 3 aromatic rings. The van der Waals surface area contributed by atoms with Gasteiger partial charge in [-0.15, -0.1) is 23.5 Å². The monoisotopic (exact) mass is 497 g/mol. The Morgan fingerprint density at radius 2 is 1.48 bits per heavy atom. The average molecular weight is 498 g/mol. The summed E-state index contributed by atoms with van der Waals surface area (Å²) in [7, 11) is -3.93. The number of benzene rings is 3. The smallest absolute Gasteiger partial charge is 0.264 e. The van der Waals surface area contributed by atoms with Gasteiger partial charge in [-0.1, -0.05) is 66.2 Å². The molecule has 0 aromatic heterocycles. The van der Waals surface area contributed by atoms with Crippen LogP contribution in [-0.2, 0) is 16.7 Å². The lowest BCUT2D eigenvalue weighted by atomic mass is 9.91. The Morgan fingerprint density at radius 3 is 2.03 bits per heavy atom. The van der Waals surface area contributed by atoms with E-state index in [0.29, 0.717) is 12.2 Å². The Morgan fingerprint density at radius 1 is 0.909 bits per heavy atom. The van der Waals surface area contributed by atoms with Gasteiger partial charge in [-0.3, -0.25) is 4.55 Å². The predicted molar refractivity (Wildman–Crippen MR) is 143 cm³/mol. The number of rotatable bonds is 8. The molecule has 172 valence electrons. The third-order valence-electron chi connectivity index (χ3n) is 5.56. The van der Waals surface area contributed by atoms with Gasteiger partial charge in [-0.2, -0.15) is 8.42 Å². The summed E-state index contributed by atoms with van der Waals surface area (Å²) in [5.41, 5.74) is 8.37. The largest absolute Gasteiger partial charge is 0.336 e. The summed E-state index contributed by atoms with van der Waals surface area (Å²) in [6.45, 7) is 2.88. The van der Waals surface area contributed by atoms with E-state index in [4.69, 9.17) is 4.55 Å². The highest BCUT2D eigenvalue weighted by Crippen LogP contribution is 2.50. The van der Waals surface area contributed by atoms with E-state index in [1.54, 1.807) is 23.5 Å². The minimum Gasteiger partial charge on any atom is -0.336 e. The number of nitrogens with zero attached hydrogens (tertiary/aromatic N) is 1. The summed E-state index contributed by atoms with van der Waals surface area (Å²) in [5.74, 6) is 0.408. The zero-order valence-corrected chi connectivity index (χ0v) is 21.1. The van der Waals surface area contributed by atoms with Crippen molar-refractivity contribution in [2.75, 3.05) is 22.7 Å². The van der Waals surface area contributed by atoms with Gasteiger partial charge in [0.2, 0.25) is 0 Å². The van der Waals surface area contributed by atoms with E-state index in [0.717, 1.165) is 22.2 Å². The van der Waals surface area contributed by atoms with Crippen molar-refractivity contribution in [2.45, 2.75) is 19.9 Å². The number of fused-ring (bicyclic) bond motifs is 2. The van der Waals surface area contributed by atoms with E-state index in [9.17, 15) is 8.42 Å². The lowest BCUT2D eigenvalue weighted by Crippen LogP contribution is -2.23. The fourth-order valence-electron chi connectivity index (χ4n) is 4.02. The topological polar surface area (TPSA) is 57.6 Å². The van der Waals surface area contributed by atoms with Crippen LogP contribution < -0.4 is 4.90 Å². The molecule has 0 saturated carbocycles. The maximum absolute atomic E-state index is 11.1. The van der Waals surface area contributed by atoms with Crippen LogP contribution in [0.15, 0.2) is 77.0 Å². The van der Waals surface area contributed by atoms with Crippen LogP contribution in [-0.4, -0.2) is 30.7 Å². The van der Waals surface area contributed by atoms with Gasteiger partial charge in [0.25, 0.3) is 10.1 Å². The van der Waals surface area contributed by atoms with Crippen molar-refractivity contribution < 1.29 is 13.0 Å². The Balaban J connectivity index is 1.75. The van der Waals surface area contributed by atoms with Crippen molar-refractivity contribution in [3.05, 3.63) is 99.3 Å². The van der Waals surface area contributed by atoms with Gasteiger partial charge < -0.3 is 4.90 Å². The van der Waals surface area contributed by atoms with Gasteiger partial charge in [0.1, 0.15) is 0 Å². The van der Waals surface area contributed by atoms with E-state index < -0.39 is 10.1 Å². The summed E-state index contributed by atoms with van der Waals surface area (Å²) < 4.78 is 32.4. The minimum absolute atomic E-state index is 0.214. The lowest BCUT2D eigenvalue weighted by Gasteiger charge is -2.35. The van der Waals surface area contributed by atoms with Crippen LogP contribution in [0.2, 0.25) is 0 Å². The first-order valence-electron chi connectivity index (χ1n) is 10.8. The van der Waals surface area contributed by atoms with Crippen molar-refractivity contribution in [2.24, 2.45) is 0 Å². The molecule has 33 heavy (non-hydrogen) atoms. The lowest BCUT2D eigenvalue weighted by molar-refractivity contribution is 0.482. The van der Waals surface area contributed by atoms with Crippen molar-refractivity contribution in [3.8, 4) is 0 Å². The van der Waals surface area contributed by atoms with Gasteiger partial charge in [0.05, 0.1) is 5.75 Å². The number of anilines is 2. The number of hydrogen-bond donors (Lipinski definition) is 1. The summed E-state index contributed by atoms with van der Waals surface area (Å²) in [6, 6.07) is 25.6. The Kier molecular flexibility index (Phi) is 7.54. The molecule has 0 amide bonds. The standard InChI is InChI=1S/C26H27NO3S3/c1-19-12-14-20(15-13-19)18-27-23-10-5-3-8-21(23)25(22-9-4-6-11-24(22)27)26(31-2)32-16-7-17-33(28,29)30/h3-6,8-15H,7,16-18H2,1-2H3,(H,28,29,30). The molecular weight excluding hydrogens is 470 g/mol. The molecule has 4 nitrogen and oxygen atoms in total. The second-order valence-electron chi connectivity index (χ2n) is 7.96. The van der Waals surface area contributed by atoms with Crippen molar-refractivity contribution in [3.63, 3.8) is 0 Å². The summed E-state index contributed by atoms with van der Waals surface area (Å²) in [5, 5.41) is 0. The SMILES string of the molecule is CSC(SCCCS(=O)(=O)O)=C1c2ccccc2N(Cc2ccc(C)cc2)c2ccccc21. The first-order valence-corrected chi connectivity index (χ1v) is 14.6. The van der Waals surface area contributed by atoms with E-state index in [1.807, 2.05) is 0 Å². The van der Waals surface area contributed by atoms with Gasteiger partial charge in [0, 0.05) is 38.9 Å². The Hall–Kier alpha value is -2.19. The average Bonchev–Trinajstić information content (AvgIpc) is 2.80. The molecule has 0 atom stereocenters. The number of hydrogen-bond acceptors (Lipinski definition) is 5. The van der Waals surface area contributed by atoms with Crippen molar-refractivity contribution in [1.82, 2.24) is 0 Å². The fourth-order valence-corrected chi connectivity index (χ4v) is 6.70. The highest BCUT2D eigenvalue weighted by atomic mass is 32.2. The van der Waals surface area contributed by atoms with Gasteiger partial charge in [-0.25, -0.2) is 0 Å². The first-order chi connectivity index (χ1) is 15.9. The van der Waals surface area contributed by atoms with Crippen molar-refractivity contribution >= 4 is 50.6 Å². The fraction of sp³-hybridized carbons (Fsp3) is 0.231. The van der Waals surface area contributed by atoms with E-state index in [2.05, 4.69) is 90.9 Å². The molecule has 3 aromatic carbocycles. The predicted octanol–water partition coefficient (Wildman–Crippen LogP) is 6.74. The third kappa shape index (κ3) is 5.66. The molecule has 1 aliphatic rings. The molecule has 0 aliphatic carbocycles. The van der Waals surface area contributed by atoms with Gasteiger partial charge >= 0.3 is 0 Å². The van der Waals surface area contributed by atoms with Crippen LogP contribution in [0.3, 0.4) is 0 Å². The quantitative estimate of drug-likeness (QED) is 0.275. The van der Waals surface area contributed by atoms with Crippen LogP contribution in [0.5, 0.6) is 0 Å². The molecule has 0 saturated heterocycles. The first kappa shape index (κ1) is 24.0. The Labute approximate surface area is 204 Å². The highest BCUT2D eigenvalue weighted by Gasteiger charge is 2.28. The maximum Gasteiger partial charge on any atom is 0.264 e. The molecule has 0 spiro atoms. The number of aryl methyl sites for hydroxylation is 1. The maximum atomic E-state index is 11.1. The van der Waals surface area contributed by atoms with E-state index in [-0.39, 0.29) is 5.75 Å². The second kappa shape index (κ2) is 10.4. The normalized spacial score (nSPS) is 12.9. The molecule has 7 heteroatoms. The molecule has 1 heterocycles. The van der Waals surface area contributed by atoms with Crippen LogP contribution in [0, 0.1) is 6.92 Å². The molecule has 0 fully saturated rings. The molecule has 1 aliphatic heterocycles. The molecule has 0 unspecified atom stereocenters. The summed E-state index contributed by atoms with van der Waals surface area (Å²) >= 11 is 3.33. The summed E-state index contributed by atoms with van der Waals surface area (Å²) in [4.78, 5) is 2.37. The van der Waals surface area contributed by atoms with Gasteiger partial charge in [-0.05, 0) is 43.0 Å². The van der Waals surface area contributed by atoms with Crippen LogP contribution >= 0.6 is 23.5 Å². The minimum atomic E-state index is -3.93. The Bertz CT molecular complexity index is 1220. The molecule has 0 bridgehead atoms. The third-order valence-corrected chi connectivity index (χ3v) is 8.75. The molecule has 0 radical (unpaired) electrons. The number of para-hydroxylation sites is 2. The van der Waals surface area contributed by atoms with Crippen LogP contribution in [0.25, 0.3) is 5.57 Å². The van der Waals surface area contributed by atoms with Gasteiger partial charge in [0.15, 0.2) is 0 Å². The molecule has 4 rings (SSSR count). The van der Waals surface area contributed by atoms with E-state index >= 15 is 0 Å². The van der Waals surface area contributed by atoms with Crippen molar-refractivity contribution in [1.29, 1.82) is 0 Å². The van der Waals surface area contributed by atoms with Crippen LogP contribution in [0.4, 0.5) is 11.4 Å². The summed E-state index contributed by atoms with van der Waals surface area (Å²) in [6.07, 6.45) is 2.46. The zero-order valence-electron chi connectivity index (χ0n) is 18.7. The molecule has 1 N–H and O–H groups in total. The zero-order chi connectivity index (χ0) is 23.4. The highest BCUT2D eigenvalue weighted by molar-refractivity contribution is 8.22.